The van der Waals surface area contributed by atoms with Crippen molar-refractivity contribution in [3.63, 3.8) is 0 Å². The molecular formula is C20H24N2O2. The second-order valence-electron chi connectivity index (χ2n) is 6.14. The van der Waals surface area contributed by atoms with Crippen molar-refractivity contribution in [3.8, 4) is 5.75 Å². The number of carbonyl (C=O) groups is 1. The van der Waals surface area contributed by atoms with Gasteiger partial charge in [-0.1, -0.05) is 48.5 Å². The Balaban J connectivity index is 1.67. The summed E-state index contributed by atoms with van der Waals surface area (Å²) in [6.45, 7) is 1.50. The van der Waals surface area contributed by atoms with Crippen molar-refractivity contribution < 1.29 is 9.53 Å². The molecule has 1 aliphatic heterocycles. The van der Waals surface area contributed by atoms with E-state index in [1.807, 2.05) is 36.4 Å². The first-order chi connectivity index (χ1) is 11.8. The van der Waals surface area contributed by atoms with E-state index in [4.69, 9.17) is 4.74 Å². The predicted molar refractivity (Wildman–Crippen MR) is 95.3 cm³/mol. The molecule has 0 aromatic heterocycles. The highest BCUT2D eigenvalue weighted by atomic mass is 16.5. The largest absolute Gasteiger partial charge is 0.493 e. The number of amides is 1. The minimum atomic E-state index is -0.229. The Morgan fingerprint density at radius 1 is 1.17 bits per heavy atom. The second kappa shape index (κ2) is 7.97. The van der Waals surface area contributed by atoms with E-state index in [9.17, 15) is 4.79 Å². The molecule has 0 bridgehead atoms. The molecule has 4 heteroatoms. The van der Waals surface area contributed by atoms with Crippen LogP contribution in [0.25, 0.3) is 0 Å². The maximum atomic E-state index is 12.2. The van der Waals surface area contributed by atoms with Crippen LogP contribution in [-0.2, 0) is 11.2 Å². The second-order valence-corrected chi connectivity index (χ2v) is 6.14. The number of fused-ring (bicyclic) bond motifs is 1. The molecule has 1 heterocycles. The fourth-order valence-corrected chi connectivity index (χ4v) is 3.19. The first-order valence-electron chi connectivity index (χ1n) is 8.48. The van der Waals surface area contributed by atoms with Crippen LogP contribution >= 0.6 is 0 Å². The lowest BCUT2D eigenvalue weighted by atomic mass is 9.92. The highest BCUT2D eigenvalue weighted by Crippen LogP contribution is 2.32. The van der Waals surface area contributed by atoms with E-state index in [0.29, 0.717) is 12.3 Å². The van der Waals surface area contributed by atoms with Crippen molar-refractivity contribution in [1.29, 1.82) is 0 Å². The van der Waals surface area contributed by atoms with E-state index in [1.54, 1.807) is 7.05 Å². The zero-order chi connectivity index (χ0) is 16.8. The molecule has 1 amide bonds. The molecule has 24 heavy (non-hydrogen) atoms. The Morgan fingerprint density at radius 3 is 2.71 bits per heavy atom. The van der Waals surface area contributed by atoms with Gasteiger partial charge in [0.2, 0.25) is 5.91 Å². The molecule has 2 unspecified atom stereocenters. The molecule has 1 aliphatic rings. The number of para-hydroxylation sites is 1. The van der Waals surface area contributed by atoms with E-state index >= 15 is 0 Å². The standard InChI is InChI=1S/C20H24N2O2/c1-21-20(23)18(13-15-7-3-2-4-8-15)22-14-16-11-12-24-19-10-6-5-9-17(16)19/h2-10,16,18,22H,11-14H2,1H3,(H,21,23). The Bertz CT molecular complexity index is 672. The third-order valence-corrected chi connectivity index (χ3v) is 4.54. The van der Waals surface area contributed by atoms with Crippen molar-refractivity contribution in [2.45, 2.75) is 24.8 Å². The van der Waals surface area contributed by atoms with E-state index in [2.05, 4.69) is 28.8 Å². The van der Waals surface area contributed by atoms with Crippen molar-refractivity contribution >= 4 is 5.91 Å². The first kappa shape index (κ1) is 16.5. The summed E-state index contributed by atoms with van der Waals surface area (Å²) in [6, 6.07) is 18.1. The molecule has 2 atom stereocenters. The van der Waals surface area contributed by atoms with Gasteiger partial charge in [0.1, 0.15) is 5.75 Å². The third kappa shape index (κ3) is 3.95. The molecular weight excluding hydrogens is 300 g/mol. The van der Waals surface area contributed by atoms with E-state index in [0.717, 1.165) is 30.9 Å². The average molecular weight is 324 g/mol. The van der Waals surface area contributed by atoms with Gasteiger partial charge in [-0.15, -0.1) is 0 Å². The Hall–Kier alpha value is -2.33. The van der Waals surface area contributed by atoms with Gasteiger partial charge in [0.05, 0.1) is 12.6 Å². The highest BCUT2D eigenvalue weighted by molar-refractivity contribution is 5.81. The Labute approximate surface area is 143 Å². The molecule has 0 radical (unpaired) electrons. The number of carbonyl (C=O) groups excluding carboxylic acids is 1. The van der Waals surface area contributed by atoms with E-state index in [1.165, 1.54) is 5.56 Å². The summed E-state index contributed by atoms with van der Waals surface area (Å²) >= 11 is 0. The molecule has 4 nitrogen and oxygen atoms in total. The summed E-state index contributed by atoms with van der Waals surface area (Å²) in [5.41, 5.74) is 2.39. The number of nitrogens with one attached hydrogen (secondary N) is 2. The Kier molecular flexibility index (Phi) is 5.49. The topological polar surface area (TPSA) is 50.4 Å². The SMILES string of the molecule is CNC(=O)C(Cc1ccccc1)NCC1CCOc2ccccc21. The van der Waals surface area contributed by atoms with E-state index < -0.39 is 0 Å². The van der Waals surface area contributed by atoms with Crippen LogP contribution in [0.1, 0.15) is 23.5 Å². The lowest BCUT2D eigenvalue weighted by Gasteiger charge is -2.28. The number of likely N-dealkylation sites (N-methyl/N-ethyl adjacent to an activating group) is 1. The summed E-state index contributed by atoms with van der Waals surface area (Å²) in [4.78, 5) is 12.2. The highest BCUT2D eigenvalue weighted by Gasteiger charge is 2.24. The minimum absolute atomic E-state index is 0.0270. The molecule has 2 aromatic rings. The molecule has 0 fully saturated rings. The van der Waals surface area contributed by atoms with Crippen LogP contribution in [0.4, 0.5) is 0 Å². The molecule has 3 rings (SSSR count). The molecule has 126 valence electrons. The number of rotatable bonds is 6. The van der Waals surface area contributed by atoms with Crippen LogP contribution < -0.4 is 15.4 Å². The van der Waals surface area contributed by atoms with Gasteiger partial charge < -0.3 is 15.4 Å². The summed E-state index contributed by atoms with van der Waals surface area (Å²) in [7, 11) is 1.69. The van der Waals surface area contributed by atoms with Crippen LogP contribution in [0.2, 0.25) is 0 Å². The predicted octanol–water partition coefficient (Wildman–Crippen LogP) is 2.50. The minimum Gasteiger partial charge on any atom is -0.493 e. The van der Waals surface area contributed by atoms with Crippen LogP contribution in [0.15, 0.2) is 54.6 Å². The average Bonchev–Trinajstić information content (AvgIpc) is 2.65. The maximum Gasteiger partial charge on any atom is 0.237 e. The van der Waals surface area contributed by atoms with Crippen molar-refractivity contribution in [2.24, 2.45) is 0 Å². The van der Waals surface area contributed by atoms with Gasteiger partial charge in [0, 0.05) is 19.5 Å². The van der Waals surface area contributed by atoms with Gasteiger partial charge in [-0.25, -0.2) is 0 Å². The van der Waals surface area contributed by atoms with Gasteiger partial charge in [-0.2, -0.15) is 0 Å². The summed E-state index contributed by atoms with van der Waals surface area (Å²) < 4.78 is 5.72. The van der Waals surface area contributed by atoms with Crippen molar-refractivity contribution in [1.82, 2.24) is 10.6 Å². The monoisotopic (exact) mass is 324 g/mol. The van der Waals surface area contributed by atoms with Gasteiger partial charge in [-0.3, -0.25) is 4.79 Å². The molecule has 0 spiro atoms. The normalized spacial score (nSPS) is 17.5. The van der Waals surface area contributed by atoms with E-state index in [-0.39, 0.29) is 11.9 Å². The van der Waals surface area contributed by atoms with Crippen LogP contribution in [0, 0.1) is 0 Å². The van der Waals surface area contributed by atoms with Gasteiger partial charge in [0.15, 0.2) is 0 Å². The molecule has 0 saturated heterocycles. The number of ether oxygens (including phenoxy) is 1. The summed E-state index contributed by atoms with van der Waals surface area (Å²) in [5, 5.41) is 6.23. The number of benzene rings is 2. The fourth-order valence-electron chi connectivity index (χ4n) is 3.19. The lowest BCUT2D eigenvalue weighted by Crippen LogP contribution is -2.46. The van der Waals surface area contributed by atoms with Crippen molar-refractivity contribution in [2.75, 3.05) is 20.2 Å². The zero-order valence-electron chi connectivity index (χ0n) is 14.0. The quantitative estimate of drug-likeness (QED) is 0.858. The van der Waals surface area contributed by atoms with Gasteiger partial charge in [0.25, 0.3) is 0 Å². The molecule has 2 N–H and O–H groups in total. The molecule has 0 aliphatic carbocycles. The first-order valence-corrected chi connectivity index (χ1v) is 8.48. The smallest absolute Gasteiger partial charge is 0.237 e. The third-order valence-electron chi connectivity index (χ3n) is 4.54. The molecule has 0 saturated carbocycles. The van der Waals surface area contributed by atoms with Crippen LogP contribution in [0.3, 0.4) is 0 Å². The maximum absolute atomic E-state index is 12.2. The Morgan fingerprint density at radius 2 is 1.92 bits per heavy atom. The summed E-state index contributed by atoms with van der Waals surface area (Å²) in [6.07, 6.45) is 1.65. The van der Waals surface area contributed by atoms with Crippen LogP contribution in [-0.4, -0.2) is 32.1 Å². The van der Waals surface area contributed by atoms with Crippen LogP contribution in [0.5, 0.6) is 5.75 Å². The van der Waals surface area contributed by atoms with Gasteiger partial charge in [-0.05, 0) is 30.0 Å². The number of hydrogen-bond donors (Lipinski definition) is 2. The summed E-state index contributed by atoms with van der Waals surface area (Å²) in [5.74, 6) is 1.37. The zero-order valence-corrected chi connectivity index (χ0v) is 14.0. The number of hydrogen-bond acceptors (Lipinski definition) is 3. The molecule has 2 aromatic carbocycles. The lowest BCUT2D eigenvalue weighted by molar-refractivity contribution is -0.122. The fraction of sp³-hybridized carbons (Fsp3) is 0.350. The van der Waals surface area contributed by atoms with Crippen molar-refractivity contribution in [3.05, 3.63) is 65.7 Å². The van der Waals surface area contributed by atoms with Gasteiger partial charge >= 0.3 is 0 Å².